The van der Waals surface area contributed by atoms with Gasteiger partial charge >= 0.3 is 0 Å². The molecule has 0 atom stereocenters. The molecule has 0 aliphatic carbocycles. The highest BCUT2D eigenvalue weighted by atomic mass is 16.2. The number of hydrogen-bond acceptors (Lipinski definition) is 3. The predicted octanol–water partition coefficient (Wildman–Crippen LogP) is 2.41. The van der Waals surface area contributed by atoms with Gasteiger partial charge in [0.05, 0.1) is 12.1 Å². The molecule has 2 amide bonds. The van der Waals surface area contributed by atoms with E-state index >= 15 is 0 Å². The zero-order valence-corrected chi connectivity index (χ0v) is 12.6. The second kappa shape index (κ2) is 7.26. The van der Waals surface area contributed by atoms with Gasteiger partial charge in [-0.15, -0.1) is 0 Å². The lowest BCUT2D eigenvalue weighted by molar-refractivity contribution is -0.114. The summed E-state index contributed by atoms with van der Waals surface area (Å²) in [7, 11) is 1.57. The van der Waals surface area contributed by atoms with Crippen molar-refractivity contribution in [3.05, 3.63) is 59.7 Å². The summed E-state index contributed by atoms with van der Waals surface area (Å²) >= 11 is 0. The van der Waals surface area contributed by atoms with Crippen LogP contribution in [-0.4, -0.2) is 25.4 Å². The van der Waals surface area contributed by atoms with Gasteiger partial charge in [-0.05, 0) is 31.2 Å². The van der Waals surface area contributed by atoms with E-state index in [0.717, 1.165) is 11.3 Å². The SMILES string of the molecule is CNC(=O)c1ccccc1NCC(=O)Nc1ccc(C)cc1. The Morgan fingerprint density at radius 1 is 1.00 bits per heavy atom. The van der Waals surface area contributed by atoms with Crippen LogP contribution in [0.25, 0.3) is 0 Å². The zero-order chi connectivity index (χ0) is 15.9. The Labute approximate surface area is 129 Å². The summed E-state index contributed by atoms with van der Waals surface area (Å²) in [6.45, 7) is 2.07. The van der Waals surface area contributed by atoms with Crippen molar-refractivity contribution >= 4 is 23.2 Å². The number of para-hydroxylation sites is 1. The van der Waals surface area contributed by atoms with E-state index in [1.165, 1.54) is 0 Å². The monoisotopic (exact) mass is 297 g/mol. The Hall–Kier alpha value is -2.82. The van der Waals surface area contributed by atoms with Crippen molar-refractivity contribution < 1.29 is 9.59 Å². The molecule has 0 fully saturated rings. The van der Waals surface area contributed by atoms with Gasteiger partial charge in [-0.2, -0.15) is 0 Å². The van der Waals surface area contributed by atoms with Crippen LogP contribution in [0.1, 0.15) is 15.9 Å². The summed E-state index contributed by atoms with van der Waals surface area (Å²) < 4.78 is 0. The maximum absolute atomic E-state index is 11.9. The highest BCUT2D eigenvalue weighted by Crippen LogP contribution is 2.14. The minimum atomic E-state index is -0.193. The van der Waals surface area contributed by atoms with Crippen LogP contribution in [0.5, 0.6) is 0 Å². The molecule has 0 saturated heterocycles. The number of benzene rings is 2. The lowest BCUT2D eigenvalue weighted by Crippen LogP contribution is -2.24. The van der Waals surface area contributed by atoms with Crippen molar-refractivity contribution in [3.63, 3.8) is 0 Å². The van der Waals surface area contributed by atoms with Gasteiger partial charge in [0, 0.05) is 18.4 Å². The second-order valence-electron chi connectivity index (χ2n) is 4.89. The summed E-state index contributed by atoms with van der Waals surface area (Å²) in [4.78, 5) is 23.7. The normalized spacial score (nSPS) is 9.91. The first-order valence-electron chi connectivity index (χ1n) is 7.01. The minimum Gasteiger partial charge on any atom is -0.376 e. The van der Waals surface area contributed by atoms with Crippen LogP contribution in [0.15, 0.2) is 48.5 Å². The van der Waals surface area contributed by atoms with Crippen molar-refractivity contribution in [2.75, 3.05) is 24.2 Å². The fourth-order valence-electron chi connectivity index (χ4n) is 1.99. The summed E-state index contributed by atoms with van der Waals surface area (Å²) in [5.41, 5.74) is 3.02. The van der Waals surface area contributed by atoms with Gasteiger partial charge in [0.25, 0.3) is 5.91 Å². The Balaban J connectivity index is 1.96. The minimum absolute atomic E-state index is 0.0852. The molecule has 0 heterocycles. The lowest BCUT2D eigenvalue weighted by Gasteiger charge is -2.11. The average molecular weight is 297 g/mol. The maximum atomic E-state index is 11.9. The Bertz CT molecular complexity index is 666. The molecule has 0 saturated carbocycles. The molecular formula is C17H19N3O2. The van der Waals surface area contributed by atoms with Crippen molar-refractivity contribution in [1.29, 1.82) is 0 Å². The molecule has 114 valence electrons. The van der Waals surface area contributed by atoms with Crippen molar-refractivity contribution in [1.82, 2.24) is 5.32 Å². The molecule has 2 rings (SSSR count). The topological polar surface area (TPSA) is 70.2 Å². The highest BCUT2D eigenvalue weighted by Gasteiger charge is 2.10. The average Bonchev–Trinajstić information content (AvgIpc) is 2.54. The van der Waals surface area contributed by atoms with Crippen LogP contribution < -0.4 is 16.0 Å². The predicted molar refractivity (Wildman–Crippen MR) is 88.1 cm³/mol. The van der Waals surface area contributed by atoms with Crippen LogP contribution in [0.2, 0.25) is 0 Å². The van der Waals surface area contributed by atoms with E-state index in [0.29, 0.717) is 11.3 Å². The van der Waals surface area contributed by atoms with Gasteiger partial charge in [-0.3, -0.25) is 9.59 Å². The third kappa shape index (κ3) is 4.09. The fourth-order valence-corrected chi connectivity index (χ4v) is 1.99. The lowest BCUT2D eigenvalue weighted by atomic mass is 10.1. The van der Waals surface area contributed by atoms with Gasteiger partial charge in [0.15, 0.2) is 0 Å². The molecule has 0 unspecified atom stereocenters. The van der Waals surface area contributed by atoms with Crippen molar-refractivity contribution in [2.45, 2.75) is 6.92 Å². The first kappa shape index (κ1) is 15.6. The van der Waals surface area contributed by atoms with E-state index in [2.05, 4.69) is 16.0 Å². The summed E-state index contributed by atoms with van der Waals surface area (Å²) in [5.74, 6) is -0.363. The van der Waals surface area contributed by atoms with E-state index in [-0.39, 0.29) is 18.4 Å². The first-order chi connectivity index (χ1) is 10.6. The quantitative estimate of drug-likeness (QED) is 0.793. The number of hydrogen-bond donors (Lipinski definition) is 3. The van der Waals surface area contributed by atoms with Gasteiger partial charge < -0.3 is 16.0 Å². The van der Waals surface area contributed by atoms with Gasteiger partial charge in [-0.25, -0.2) is 0 Å². The number of nitrogens with one attached hydrogen (secondary N) is 3. The zero-order valence-electron chi connectivity index (χ0n) is 12.6. The Kier molecular flexibility index (Phi) is 5.14. The molecule has 22 heavy (non-hydrogen) atoms. The van der Waals surface area contributed by atoms with Gasteiger partial charge in [0.2, 0.25) is 5.91 Å². The Morgan fingerprint density at radius 2 is 1.68 bits per heavy atom. The molecular weight excluding hydrogens is 278 g/mol. The molecule has 0 bridgehead atoms. The van der Waals surface area contributed by atoms with Crippen LogP contribution in [0.3, 0.4) is 0 Å². The van der Waals surface area contributed by atoms with E-state index < -0.39 is 0 Å². The number of aryl methyl sites for hydroxylation is 1. The number of rotatable bonds is 5. The molecule has 0 spiro atoms. The molecule has 0 aromatic heterocycles. The smallest absolute Gasteiger partial charge is 0.253 e. The van der Waals surface area contributed by atoms with E-state index in [9.17, 15) is 9.59 Å². The van der Waals surface area contributed by atoms with Crippen LogP contribution >= 0.6 is 0 Å². The second-order valence-corrected chi connectivity index (χ2v) is 4.89. The van der Waals surface area contributed by atoms with Crippen molar-refractivity contribution in [2.24, 2.45) is 0 Å². The number of amides is 2. The van der Waals surface area contributed by atoms with Crippen LogP contribution in [0.4, 0.5) is 11.4 Å². The van der Waals surface area contributed by atoms with E-state index in [1.54, 1.807) is 25.2 Å². The summed E-state index contributed by atoms with van der Waals surface area (Å²) in [6, 6.07) is 14.6. The molecule has 0 radical (unpaired) electrons. The summed E-state index contributed by atoms with van der Waals surface area (Å²) in [5, 5.41) is 8.36. The van der Waals surface area contributed by atoms with E-state index in [1.807, 2.05) is 37.3 Å². The third-order valence-electron chi connectivity index (χ3n) is 3.17. The van der Waals surface area contributed by atoms with E-state index in [4.69, 9.17) is 0 Å². The Morgan fingerprint density at radius 3 is 2.36 bits per heavy atom. The third-order valence-corrected chi connectivity index (χ3v) is 3.17. The first-order valence-corrected chi connectivity index (χ1v) is 7.01. The number of carbonyl (C=O) groups excluding carboxylic acids is 2. The molecule has 2 aromatic carbocycles. The summed E-state index contributed by atoms with van der Waals surface area (Å²) in [6.07, 6.45) is 0. The van der Waals surface area contributed by atoms with Crippen LogP contribution in [-0.2, 0) is 4.79 Å². The molecule has 5 heteroatoms. The van der Waals surface area contributed by atoms with Gasteiger partial charge in [-0.1, -0.05) is 29.8 Å². The molecule has 0 aliphatic heterocycles. The number of anilines is 2. The largest absolute Gasteiger partial charge is 0.376 e. The van der Waals surface area contributed by atoms with Crippen molar-refractivity contribution in [3.8, 4) is 0 Å². The molecule has 5 nitrogen and oxygen atoms in total. The molecule has 2 aromatic rings. The molecule has 0 aliphatic rings. The van der Waals surface area contributed by atoms with Gasteiger partial charge in [0.1, 0.15) is 0 Å². The fraction of sp³-hybridized carbons (Fsp3) is 0.176. The van der Waals surface area contributed by atoms with Crippen LogP contribution in [0, 0.1) is 6.92 Å². The standard InChI is InChI=1S/C17H19N3O2/c1-12-7-9-13(10-8-12)20-16(21)11-19-15-6-4-3-5-14(15)17(22)18-2/h3-10,19H,11H2,1-2H3,(H,18,22)(H,20,21). The number of carbonyl (C=O) groups is 2. The molecule has 3 N–H and O–H groups in total. The maximum Gasteiger partial charge on any atom is 0.253 e. The highest BCUT2D eigenvalue weighted by molar-refractivity contribution is 6.00.